The summed E-state index contributed by atoms with van der Waals surface area (Å²) >= 11 is 0. The van der Waals surface area contributed by atoms with Crippen LogP contribution in [-0.2, 0) is 17.6 Å². The van der Waals surface area contributed by atoms with Crippen molar-refractivity contribution in [1.29, 1.82) is 0 Å². The molecule has 1 amide bonds. The second-order valence-electron chi connectivity index (χ2n) is 9.25. The molecule has 2 aromatic rings. The van der Waals surface area contributed by atoms with Crippen molar-refractivity contribution in [1.82, 2.24) is 14.9 Å². The van der Waals surface area contributed by atoms with E-state index >= 15 is 0 Å². The number of aliphatic hydroxyl groups is 1. The standard InChI is InChI=1S/C25H32N4O2/c30-17-18-6-5-13-29(16-18)25(31)20-11-14-28(15-12-20)24-21-9-4-10-22(21)26-23(27-24)19-7-2-1-3-8-19/h1-3,7-8,18,20,30H,4-6,9-17H2/t18-/m0/s1. The largest absolute Gasteiger partial charge is 0.396 e. The summed E-state index contributed by atoms with van der Waals surface area (Å²) in [7, 11) is 0. The average Bonchev–Trinajstić information content (AvgIpc) is 3.32. The number of aromatic nitrogens is 2. The summed E-state index contributed by atoms with van der Waals surface area (Å²) in [4.78, 5) is 27.4. The predicted molar refractivity (Wildman–Crippen MR) is 121 cm³/mol. The number of carbonyl (C=O) groups excluding carboxylic acids is 1. The van der Waals surface area contributed by atoms with Crippen molar-refractivity contribution in [2.24, 2.45) is 11.8 Å². The molecule has 164 valence electrons. The molecule has 3 heterocycles. The Morgan fingerprint density at radius 2 is 1.81 bits per heavy atom. The summed E-state index contributed by atoms with van der Waals surface area (Å²) in [6, 6.07) is 10.2. The number of carbonyl (C=O) groups is 1. The van der Waals surface area contributed by atoms with E-state index in [0.29, 0.717) is 0 Å². The molecule has 3 aliphatic rings. The highest BCUT2D eigenvalue weighted by Gasteiger charge is 2.33. The molecule has 1 N–H and O–H groups in total. The van der Waals surface area contributed by atoms with E-state index in [4.69, 9.17) is 9.97 Å². The molecular formula is C25H32N4O2. The lowest BCUT2D eigenvalue weighted by Gasteiger charge is -2.38. The fourth-order valence-electron chi connectivity index (χ4n) is 5.40. The number of hydrogen-bond acceptors (Lipinski definition) is 5. The van der Waals surface area contributed by atoms with Gasteiger partial charge in [0.05, 0.1) is 0 Å². The molecule has 1 aromatic carbocycles. The molecule has 5 rings (SSSR count). The van der Waals surface area contributed by atoms with Crippen molar-refractivity contribution in [3.8, 4) is 11.4 Å². The van der Waals surface area contributed by atoms with Crippen molar-refractivity contribution >= 4 is 11.7 Å². The van der Waals surface area contributed by atoms with Crippen molar-refractivity contribution in [3.05, 3.63) is 41.6 Å². The topological polar surface area (TPSA) is 69.6 Å². The van der Waals surface area contributed by atoms with E-state index in [1.165, 1.54) is 11.3 Å². The molecule has 0 radical (unpaired) electrons. The molecule has 6 nitrogen and oxygen atoms in total. The van der Waals surface area contributed by atoms with Gasteiger partial charge in [0, 0.05) is 55.5 Å². The zero-order valence-corrected chi connectivity index (χ0v) is 18.2. The van der Waals surface area contributed by atoms with Crippen molar-refractivity contribution < 1.29 is 9.90 Å². The first-order valence-corrected chi connectivity index (χ1v) is 11.8. The number of aliphatic hydroxyl groups excluding tert-OH is 1. The molecule has 0 unspecified atom stereocenters. The second kappa shape index (κ2) is 8.95. The Hall–Kier alpha value is -2.47. The minimum absolute atomic E-state index is 0.0946. The van der Waals surface area contributed by atoms with Gasteiger partial charge in [-0.15, -0.1) is 0 Å². The predicted octanol–water partition coefficient (Wildman–Crippen LogP) is 3.08. The van der Waals surface area contributed by atoms with Crippen LogP contribution in [0.25, 0.3) is 11.4 Å². The maximum Gasteiger partial charge on any atom is 0.225 e. The van der Waals surface area contributed by atoms with Crippen LogP contribution < -0.4 is 4.90 Å². The van der Waals surface area contributed by atoms with E-state index in [-0.39, 0.29) is 24.3 Å². The monoisotopic (exact) mass is 420 g/mol. The van der Waals surface area contributed by atoms with E-state index in [2.05, 4.69) is 17.0 Å². The van der Waals surface area contributed by atoms with Gasteiger partial charge in [0.25, 0.3) is 0 Å². The van der Waals surface area contributed by atoms with Crippen LogP contribution in [0, 0.1) is 11.8 Å². The second-order valence-corrected chi connectivity index (χ2v) is 9.25. The van der Waals surface area contributed by atoms with Crippen LogP contribution in [0.4, 0.5) is 5.82 Å². The normalized spacial score (nSPS) is 21.9. The van der Waals surface area contributed by atoms with Crippen LogP contribution in [0.3, 0.4) is 0 Å². The third kappa shape index (κ3) is 4.18. The van der Waals surface area contributed by atoms with E-state index in [1.807, 2.05) is 23.1 Å². The Labute approximate surface area is 184 Å². The Morgan fingerprint density at radius 3 is 2.58 bits per heavy atom. The molecule has 2 fully saturated rings. The third-order valence-corrected chi connectivity index (χ3v) is 7.18. The maximum absolute atomic E-state index is 13.1. The molecule has 6 heteroatoms. The maximum atomic E-state index is 13.1. The average molecular weight is 421 g/mol. The van der Waals surface area contributed by atoms with Crippen LogP contribution in [0.1, 0.15) is 43.4 Å². The van der Waals surface area contributed by atoms with E-state index < -0.39 is 0 Å². The first-order valence-electron chi connectivity index (χ1n) is 11.8. The zero-order valence-electron chi connectivity index (χ0n) is 18.2. The van der Waals surface area contributed by atoms with Crippen LogP contribution in [0.2, 0.25) is 0 Å². The minimum Gasteiger partial charge on any atom is -0.396 e. The van der Waals surface area contributed by atoms with Crippen LogP contribution in [0.15, 0.2) is 30.3 Å². The number of likely N-dealkylation sites (tertiary alicyclic amines) is 1. The fraction of sp³-hybridized carbons (Fsp3) is 0.560. The minimum atomic E-state index is 0.0946. The summed E-state index contributed by atoms with van der Waals surface area (Å²) in [6.07, 6.45) is 7.00. The van der Waals surface area contributed by atoms with E-state index in [0.717, 1.165) is 88.3 Å². The van der Waals surface area contributed by atoms with Crippen molar-refractivity contribution in [3.63, 3.8) is 0 Å². The lowest BCUT2D eigenvalue weighted by molar-refractivity contribution is -0.138. The molecule has 0 saturated carbocycles. The van der Waals surface area contributed by atoms with Crippen LogP contribution in [0.5, 0.6) is 0 Å². The van der Waals surface area contributed by atoms with Gasteiger partial charge in [0.1, 0.15) is 5.82 Å². The van der Waals surface area contributed by atoms with Crippen LogP contribution in [-0.4, -0.2) is 58.7 Å². The molecule has 1 aliphatic carbocycles. The molecular weight excluding hydrogens is 388 g/mol. The lowest BCUT2D eigenvalue weighted by atomic mass is 9.92. The summed E-state index contributed by atoms with van der Waals surface area (Å²) < 4.78 is 0. The van der Waals surface area contributed by atoms with E-state index in [9.17, 15) is 9.90 Å². The highest BCUT2D eigenvalue weighted by Crippen LogP contribution is 2.34. The molecule has 0 bridgehead atoms. The smallest absolute Gasteiger partial charge is 0.225 e. The van der Waals surface area contributed by atoms with E-state index in [1.54, 1.807) is 0 Å². The number of nitrogens with zero attached hydrogens (tertiary/aromatic N) is 4. The Morgan fingerprint density at radius 1 is 1.00 bits per heavy atom. The summed E-state index contributed by atoms with van der Waals surface area (Å²) in [5, 5.41) is 9.49. The summed E-state index contributed by atoms with van der Waals surface area (Å²) in [6.45, 7) is 3.48. The number of rotatable bonds is 4. The number of amides is 1. The molecule has 2 saturated heterocycles. The van der Waals surface area contributed by atoms with Gasteiger partial charge in [-0.05, 0) is 50.9 Å². The number of benzene rings is 1. The Kier molecular flexibility index (Phi) is 5.90. The van der Waals surface area contributed by atoms with Gasteiger partial charge in [-0.2, -0.15) is 0 Å². The van der Waals surface area contributed by atoms with Crippen molar-refractivity contribution in [2.75, 3.05) is 37.7 Å². The number of hydrogen-bond donors (Lipinski definition) is 1. The van der Waals surface area contributed by atoms with Gasteiger partial charge in [-0.25, -0.2) is 9.97 Å². The summed E-state index contributed by atoms with van der Waals surface area (Å²) in [5.74, 6) is 2.54. The van der Waals surface area contributed by atoms with Gasteiger partial charge in [-0.1, -0.05) is 30.3 Å². The number of anilines is 1. The lowest BCUT2D eigenvalue weighted by Crippen LogP contribution is -2.47. The molecule has 0 spiro atoms. The molecule has 1 atom stereocenters. The van der Waals surface area contributed by atoms with Gasteiger partial charge < -0.3 is 14.9 Å². The first kappa shape index (κ1) is 20.4. The Balaban J connectivity index is 1.31. The third-order valence-electron chi connectivity index (χ3n) is 7.18. The van der Waals surface area contributed by atoms with Gasteiger partial charge in [-0.3, -0.25) is 4.79 Å². The molecule has 1 aromatic heterocycles. The highest BCUT2D eigenvalue weighted by molar-refractivity contribution is 5.79. The van der Waals surface area contributed by atoms with Crippen LogP contribution >= 0.6 is 0 Å². The van der Waals surface area contributed by atoms with Gasteiger partial charge in [0.15, 0.2) is 5.82 Å². The zero-order chi connectivity index (χ0) is 21.2. The SMILES string of the molecule is O=C(C1CCN(c2nc(-c3ccccc3)nc3c2CCC3)CC1)N1CCC[C@H](CO)C1. The number of fused-ring (bicyclic) bond motifs is 1. The molecule has 31 heavy (non-hydrogen) atoms. The van der Waals surface area contributed by atoms with Gasteiger partial charge >= 0.3 is 0 Å². The molecule has 2 aliphatic heterocycles. The van der Waals surface area contributed by atoms with Gasteiger partial charge in [0.2, 0.25) is 5.91 Å². The van der Waals surface area contributed by atoms with Crippen molar-refractivity contribution in [2.45, 2.75) is 44.9 Å². The number of piperidine rings is 2. The Bertz CT molecular complexity index is 925. The quantitative estimate of drug-likeness (QED) is 0.823. The highest BCUT2D eigenvalue weighted by atomic mass is 16.3. The first-order chi connectivity index (χ1) is 15.2. The summed E-state index contributed by atoms with van der Waals surface area (Å²) in [5.41, 5.74) is 3.57. The number of aryl methyl sites for hydroxylation is 1. The fourth-order valence-corrected chi connectivity index (χ4v) is 5.40.